The van der Waals surface area contributed by atoms with Crippen molar-refractivity contribution in [2.45, 2.75) is 19.4 Å². The van der Waals surface area contributed by atoms with Crippen molar-refractivity contribution in [1.29, 1.82) is 0 Å². The van der Waals surface area contributed by atoms with Crippen LogP contribution in [-0.4, -0.2) is 11.8 Å². The molecule has 2 nitrogen and oxygen atoms in total. The fourth-order valence-electron chi connectivity index (χ4n) is 2.86. The molecule has 0 spiro atoms. The van der Waals surface area contributed by atoms with E-state index in [-0.39, 0.29) is 11.8 Å². The summed E-state index contributed by atoms with van der Waals surface area (Å²) in [5, 5.41) is 0. The second-order valence-corrected chi connectivity index (χ2v) is 6.30. The molecule has 0 radical (unpaired) electrons. The summed E-state index contributed by atoms with van der Waals surface area (Å²) in [5.74, 6) is -0.592. The maximum Gasteiger partial charge on any atom is 0.193 e. The van der Waals surface area contributed by atoms with Gasteiger partial charge in [0.15, 0.2) is 5.78 Å². The number of carbonyl (C=O) groups excluding carboxylic acids is 1. The molecule has 0 heterocycles. The molecule has 0 aromatic heterocycles. The molecule has 2 N–H and O–H groups in total. The van der Waals surface area contributed by atoms with Gasteiger partial charge in [-0.1, -0.05) is 60.7 Å². The summed E-state index contributed by atoms with van der Waals surface area (Å²) in [5.41, 5.74) is 10.1. The number of benzene rings is 3. The van der Waals surface area contributed by atoms with Gasteiger partial charge in [0.1, 0.15) is 5.82 Å². The fourth-order valence-corrected chi connectivity index (χ4v) is 2.86. The van der Waals surface area contributed by atoms with Gasteiger partial charge in [-0.15, -0.1) is 0 Å². The van der Waals surface area contributed by atoms with Crippen LogP contribution in [-0.2, 0) is 6.42 Å². The number of rotatable bonds is 5. The summed E-state index contributed by atoms with van der Waals surface area (Å²) < 4.78 is 13.3. The number of carbonyl (C=O) groups is 1. The normalized spacial score (nSPS) is 12.0. The molecular weight excluding hydrogens is 313 g/mol. The van der Waals surface area contributed by atoms with E-state index in [1.165, 1.54) is 17.7 Å². The van der Waals surface area contributed by atoms with Crippen LogP contribution >= 0.6 is 0 Å². The Hall–Kier alpha value is -2.78. The number of nitrogens with two attached hydrogens (primary N) is 1. The summed E-state index contributed by atoms with van der Waals surface area (Å²) in [4.78, 5) is 12.4. The van der Waals surface area contributed by atoms with Crippen molar-refractivity contribution >= 4 is 5.78 Å². The van der Waals surface area contributed by atoms with Gasteiger partial charge in [-0.25, -0.2) is 4.39 Å². The largest absolute Gasteiger partial charge is 0.328 e. The van der Waals surface area contributed by atoms with E-state index in [0.717, 1.165) is 17.5 Å². The Labute approximate surface area is 147 Å². The van der Waals surface area contributed by atoms with E-state index in [1.54, 1.807) is 24.3 Å². The van der Waals surface area contributed by atoms with Gasteiger partial charge < -0.3 is 5.73 Å². The Balaban J connectivity index is 1.84. The highest BCUT2D eigenvalue weighted by Gasteiger charge is 2.10. The molecular formula is C22H20FNO. The average molecular weight is 333 g/mol. The van der Waals surface area contributed by atoms with Crippen LogP contribution in [0.25, 0.3) is 11.1 Å². The lowest BCUT2D eigenvalue weighted by Gasteiger charge is -2.09. The van der Waals surface area contributed by atoms with E-state index < -0.39 is 5.82 Å². The lowest BCUT2D eigenvalue weighted by atomic mass is 9.97. The van der Waals surface area contributed by atoms with Gasteiger partial charge in [0.25, 0.3) is 0 Å². The Bertz CT molecular complexity index is 885. The molecule has 0 saturated carbocycles. The van der Waals surface area contributed by atoms with Crippen molar-refractivity contribution in [2.75, 3.05) is 0 Å². The molecule has 1 unspecified atom stereocenters. The lowest BCUT2D eigenvalue weighted by Crippen LogP contribution is -2.17. The number of ketones is 1. The van der Waals surface area contributed by atoms with E-state index in [4.69, 9.17) is 5.73 Å². The van der Waals surface area contributed by atoms with Crippen molar-refractivity contribution in [2.24, 2.45) is 5.73 Å². The van der Waals surface area contributed by atoms with E-state index >= 15 is 0 Å². The van der Waals surface area contributed by atoms with E-state index in [1.807, 2.05) is 31.2 Å². The van der Waals surface area contributed by atoms with Crippen LogP contribution in [0.15, 0.2) is 72.8 Å². The molecule has 0 amide bonds. The van der Waals surface area contributed by atoms with Gasteiger partial charge in [0.05, 0.1) is 0 Å². The third kappa shape index (κ3) is 4.20. The maximum atomic E-state index is 13.3. The Morgan fingerprint density at radius 2 is 1.64 bits per heavy atom. The highest BCUT2D eigenvalue weighted by Crippen LogP contribution is 2.22. The monoisotopic (exact) mass is 333 g/mol. The fraction of sp³-hybridized carbons (Fsp3) is 0.136. The van der Waals surface area contributed by atoms with Crippen molar-refractivity contribution in [1.82, 2.24) is 0 Å². The zero-order valence-electron chi connectivity index (χ0n) is 14.1. The van der Waals surface area contributed by atoms with Crippen LogP contribution in [0.1, 0.15) is 28.4 Å². The second kappa shape index (κ2) is 7.41. The molecule has 0 aliphatic heterocycles. The summed E-state index contributed by atoms with van der Waals surface area (Å²) in [7, 11) is 0. The Morgan fingerprint density at radius 1 is 0.920 bits per heavy atom. The lowest BCUT2D eigenvalue weighted by molar-refractivity contribution is 0.103. The molecule has 3 aromatic carbocycles. The first-order chi connectivity index (χ1) is 12.0. The van der Waals surface area contributed by atoms with E-state index in [9.17, 15) is 9.18 Å². The second-order valence-electron chi connectivity index (χ2n) is 6.30. The summed E-state index contributed by atoms with van der Waals surface area (Å²) in [6, 6.07) is 21.5. The molecule has 25 heavy (non-hydrogen) atoms. The topological polar surface area (TPSA) is 43.1 Å². The maximum absolute atomic E-state index is 13.3. The molecule has 3 rings (SSSR count). The predicted octanol–water partition coefficient (Wildman–Crippen LogP) is 4.61. The molecule has 0 bridgehead atoms. The third-order valence-electron chi connectivity index (χ3n) is 4.05. The minimum Gasteiger partial charge on any atom is -0.328 e. The quantitative estimate of drug-likeness (QED) is 0.693. The highest BCUT2D eigenvalue weighted by atomic mass is 19.1. The summed E-state index contributed by atoms with van der Waals surface area (Å²) in [6.45, 7) is 1.99. The van der Waals surface area contributed by atoms with Gasteiger partial charge in [-0.3, -0.25) is 4.79 Å². The molecule has 0 fully saturated rings. The first kappa shape index (κ1) is 17.1. The van der Waals surface area contributed by atoms with Crippen LogP contribution in [0.5, 0.6) is 0 Å². The molecule has 1 atom stereocenters. The van der Waals surface area contributed by atoms with Crippen LogP contribution in [0, 0.1) is 5.82 Å². The van der Waals surface area contributed by atoms with Gasteiger partial charge >= 0.3 is 0 Å². The van der Waals surface area contributed by atoms with E-state index in [0.29, 0.717) is 11.1 Å². The van der Waals surface area contributed by atoms with Gasteiger partial charge in [-0.05, 0) is 42.2 Å². The minimum absolute atomic E-state index is 0.113. The number of halogens is 1. The van der Waals surface area contributed by atoms with Crippen LogP contribution < -0.4 is 5.73 Å². The Kier molecular flexibility index (Phi) is 5.05. The van der Waals surface area contributed by atoms with Gasteiger partial charge in [0, 0.05) is 17.2 Å². The molecule has 3 aromatic rings. The van der Waals surface area contributed by atoms with Crippen molar-refractivity contribution in [3.63, 3.8) is 0 Å². The number of hydrogen-bond donors (Lipinski definition) is 1. The van der Waals surface area contributed by atoms with Crippen LogP contribution in [0.2, 0.25) is 0 Å². The molecule has 0 aliphatic carbocycles. The number of hydrogen-bond acceptors (Lipinski definition) is 2. The zero-order valence-corrected chi connectivity index (χ0v) is 14.1. The van der Waals surface area contributed by atoms with Crippen molar-refractivity contribution in [3.05, 3.63) is 95.3 Å². The Morgan fingerprint density at radius 3 is 2.32 bits per heavy atom. The smallest absolute Gasteiger partial charge is 0.193 e. The molecule has 126 valence electrons. The average Bonchev–Trinajstić information content (AvgIpc) is 2.61. The first-order valence-corrected chi connectivity index (χ1v) is 8.28. The minimum atomic E-state index is -0.409. The predicted molar refractivity (Wildman–Crippen MR) is 99.1 cm³/mol. The van der Waals surface area contributed by atoms with Crippen molar-refractivity contribution < 1.29 is 9.18 Å². The van der Waals surface area contributed by atoms with Gasteiger partial charge in [-0.2, -0.15) is 0 Å². The van der Waals surface area contributed by atoms with Crippen molar-refractivity contribution in [3.8, 4) is 11.1 Å². The van der Waals surface area contributed by atoms with Gasteiger partial charge in [0.2, 0.25) is 0 Å². The molecule has 0 aliphatic rings. The summed E-state index contributed by atoms with van der Waals surface area (Å²) >= 11 is 0. The highest BCUT2D eigenvalue weighted by molar-refractivity contribution is 6.09. The zero-order chi connectivity index (χ0) is 17.8. The third-order valence-corrected chi connectivity index (χ3v) is 4.05. The molecule has 0 saturated heterocycles. The molecule has 3 heteroatoms. The van der Waals surface area contributed by atoms with Crippen LogP contribution in [0.4, 0.5) is 4.39 Å². The SMILES string of the molecule is CC(N)Cc1cccc(-c2ccc(C(=O)c3cccc(F)c3)cc2)c1. The van der Waals surface area contributed by atoms with E-state index in [2.05, 4.69) is 12.1 Å². The summed E-state index contributed by atoms with van der Waals surface area (Å²) in [6.07, 6.45) is 0.823. The standard InChI is InChI=1S/C22H20FNO/c1-15(24)12-16-4-2-5-19(13-16)17-8-10-18(11-9-17)22(25)20-6-3-7-21(23)14-20/h2-11,13-15H,12,24H2,1H3. The van der Waals surface area contributed by atoms with Crippen LogP contribution in [0.3, 0.4) is 0 Å². The first-order valence-electron chi connectivity index (χ1n) is 8.28.